The monoisotopic (exact) mass is 350 g/mol. The van der Waals surface area contributed by atoms with Crippen LogP contribution in [0.25, 0.3) is 0 Å². The van der Waals surface area contributed by atoms with Crippen molar-refractivity contribution < 1.29 is 13.9 Å². The van der Waals surface area contributed by atoms with Crippen molar-refractivity contribution >= 4 is 15.9 Å². The van der Waals surface area contributed by atoms with E-state index in [1.165, 1.54) is 6.07 Å². The van der Waals surface area contributed by atoms with Crippen LogP contribution in [0.4, 0.5) is 4.39 Å². The van der Waals surface area contributed by atoms with E-state index in [9.17, 15) is 4.39 Å². The first kappa shape index (κ1) is 14.4. The highest BCUT2D eigenvalue weighted by Crippen LogP contribution is 2.43. The third-order valence-corrected chi connectivity index (χ3v) is 4.07. The predicted molar refractivity (Wildman–Crippen MR) is 84.0 cm³/mol. The lowest BCUT2D eigenvalue weighted by molar-refractivity contribution is 0.135. The maximum absolute atomic E-state index is 14.0. The van der Waals surface area contributed by atoms with Gasteiger partial charge < -0.3 is 9.47 Å². The summed E-state index contributed by atoms with van der Waals surface area (Å²) in [6.45, 7) is 4.06. The normalized spacial score (nSPS) is 15.4. The zero-order chi connectivity index (χ0) is 15.0. The number of hydrogen-bond acceptors (Lipinski definition) is 2. The fourth-order valence-electron chi connectivity index (χ4n) is 2.50. The lowest BCUT2D eigenvalue weighted by Gasteiger charge is -2.18. The van der Waals surface area contributed by atoms with Crippen LogP contribution < -0.4 is 9.47 Å². The lowest BCUT2D eigenvalue weighted by atomic mass is 10.0. The number of halogens is 2. The fraction of sp³-hybridized carbons (Fsp3) is 0.294. The van der Waals surface area contributed by atoms with E-state index >= 15 is 0 Å². The molecule has 2 aromatic rings. The molecule has 0 aromatic heterocycles. The number of ether oxygens (including phenoxy) is 2. The summed E-state index contributed by atoms with van der Waals surface area (Å²) in [4.78, 5) is 0. The maximum atomic E-state index is 14.0. The Morgan fingerprint density at radius 1 is 1.24 bits per heavy atom. The van der Waals surface area contributed by atoms with Gasteiger partial charge in [0.1, 0.15) is 5.60 Å². The zero-order valence-corrected chi connectivity index (χ0v) is 13.5. The van der Waals surface area contributed by atoms with E-state index < -0.39 is 0 Å². The summed E-state index contributed by atoms with van der Waals surface area (Å²) in [6.07, 6.45) is 0.824. The fourth-order valence-corrected chi connectivity index (χ4v) is 2.85. The number of alkyl halides is 1. The molecular weight excluding hydrogens is 335 g/mol. The van der Waals surface area contributed by atoms with Gasteiger partial charge in [0.25, 0.3) is 0 Å². The van der Waals surface area contributed by atoms with Crippen molar-refractivity contribution in [1.82, 2.24) is 0 Å². The van der Waals surface area contributed by atoms with Gasteiger partial charge in [0.05, 0.1) is 0 Å². The van der Waals surface area contributed by atoms with E-state index in [1.807, 2.05) is 32.0 Å². The molecule has 0 saturated carbocycles. The van der Waals surface area contributed by atoms with Gasteiger partial charge in [0, 0.05) is 17.3 Å². The van der Waals surface area contributed by atoms with Crippen molar-refractivity contribution in [3.05, 3.63) is 53.3 Å². The molecule has 1 aliphatic rings. The molecule has 0 fully saturated rings. The molecule has 110 valence electrons. The lowest BCUT2D eigenvalue weighted by Crippen LogP contribution is -2.24. The van der Waals surface area contributed by atoms with Gasteiger partial charge in [-0.25, -0.2) is 4.39 Å². The summed E-state index contributed by atoms with van der Waals surface area (Å²) < 4.78 is 25.7. The molecule has 2 aromatic carbocycles. The Kier molecular flexibility index (Phi) is 3.66. The molecule has 0 bridgehead atoms. The molecule has 2 nitrogen and oxygen atoms in total. The van der Waals surface area contributed by atoms with Gasteiger partial charge in [-0.05, 0) is 37.6 Å². The number of hydrogen-bond donors (Lipinski definition) is 0. The van der Waals surface area contributed by atoms with Crippen molar-refractivity contribution in [2.45, 2.75) is 31.2 Å². The summed E-state index contributed by atoms with van der Waals surface area (Å²) in [5.41, 5.74) is 1.71. The van der Waals surface area contributed by atoms with Crippen LogP contribution in [0.2, 0.25) is 0 Å². The summed E-state index contributed by atoms with van der Waals surface area (Å²) >= 11 is 3.31. The molecule has 0 radical (unpaired) electrons. The quantitative estimate of drug-likeness (QED) is 0.706. The van der Waals surface area contributed by atoms with E-state index in [-0.39, 0.29) is 17.2 Å². The minimum atomic E-state index is -0.373. The van der Waals surface area contributed by atoms with Crippen LogP contribution in [0.3, 0.4) is 0 Å². The van der Waals surface area contributed by atoms with Crippen LogP contribution in [0.5, 0.6) is 17.2 Å². The summed E-state index contributed by atoms with van der Waals surface area (Å²) in [5, 5.41) is 0.613. The summed E-state index contributed by atoms with van der Waals surface area (Å²) in [6, 6.07) is 10.7. The molecule has 0 amide bonds. The summed E-state index contributed by atoms with van der Waals surface area (Å²) in [7, 11) is 0. The Hall–Kier alpha value is -1.55. The van der Waals surface area contributed by atoms with E-state index in [0.29, 0.717) is 16.8 Å². The van der Waals surface area contributed by atoms with Crippen LogP contribution in [0.1, 0.15) is 25.0 Å². The topological polar surface area (TPSA) is 18.5 Å². The average Bonchev–Trinajstić information content (AvgIpc) is 2.76. The average molecular weight is 351 g/mol. The second-order valence-electron chi connectivity index (χ2n) is 5.78. The standard InChI is InChI=1S/C17H16BrFO2/c1-17(2)9-12-4-3-5-15(16(12)21-17)20-14-7-6-11(10-18)8-13(14)19/h3-8H,9-10H2,1-2H3. The van der Waals surface area contributed by atoms with Gasteiger partial charge >= 0.3 is 0 Å². The second-order valence-corrected chi connectivity index (χ2v) is 6.34. The highest BCUT2D eigenvalue weighted by molar-refractivity contribution is 9.08. The van der Waals surface area contributed by atoms with Crippen molar-refractivity contribution in [3.8, 4) is 17.2 Å². The van der Waals surface area contributed by atoms with Crippen LogP contribution in [-0.4, -0.2) is 5.60 Å². The van der Waals surface area contributed by atoms with Gasteiger partial charge in [0.15, 0.2) is 23.1 Å². The number of fused-ring (bicyclic) bond motifs is 1. The SMILES string of the molecule is CC1(C)Cc2cccc(Oc3ccc(CBr)cc3F)c2O1. The van der Waals surface area contributed by atoms with Crippen LogP contribution in [-0.2, 0) is 11.8 Å². The van der Waals surface area contributed by atoms with Crippen molar-refractivity contribution in [2.24, 2.45) is 0 Å². The molecule has 21 heavy (non-hydrogen) atoms. The minimum Gasteiger partial charge on any atom is -0.483 e. The molecule has 0 atom stereocenters. The van der Waals surface area contributed by atoms with Crippen molar-refractivity contribution in [2.75, 3.05) is 0 Å². The van der Waals surface area contributed by atoms with Gasteiger partial charge in [-0.15, -0.1) is 0 Å². The van der Waals surface area contributed by atoms with Crippen LogP contribution in [0, 0.1) is 5.82 Å². The number of rotatable bonds is 3. The number of para-hydroxylation sites is 1. The molecule has 3 rings (SSSR count). The smallest absolute Gasteiger partial charge is 0.169 e. The van der Waals surface area contributed by atoms with E-state index in [4.69, 9.17) is 9.47 Å². The van der Waals surface area contributed by atoms with Gasteiger partial charge in [-0.3, -0.25) is 0 Å². The first-order chi connectivity index (χ1) is 9.98. The van der Waals surface area contributed by atoms with Crippen molar-refractivity contribution in [3.63, 3.8) is 0 Å². The second kappa shape index (κ2) is 5.34. The third-order valence-electron chi connectivity index (χ3n) is 3.43. The third kappa shape index (κ3) is 2.91. The molecule has 0 aliphatic carbocycles. The van der Waals surface area contributed by atoms with E-state index in [2.05, 4.69) is 15.9 Å². The number of benzene rings is 2. The minimum absolute atomic E-state index is 0.210. The first-order valence-corrected chi connectivity index (χ1v) is 7.94. The zero-order valence-electron chi connectivity index (χ0n) is 12.0. The Morgan fingerprint density at radius 3 is 2.76 bits per heavy atom. The van der Waals surface area contributed by atoms with Gasteiger partial charge in [-0.1, -0.05) is 34.1 Å². The van der Waals surface area contributed by atoms with Gasteiger partial charge in [-0.2, -0.15) is 0 Å². The molecule has 1 heterocycles. The Morgan fingerprint density at radius 2 is 2.05 bits per heavy atom. The largest absolute Gasteiger partial charge is 0.483 e. The molecule has 0 N–H and O–H groups in total. The van der Waals surface area contributed by atoms with Crippen LogP contribution in [0.15, 0.2) is 36.4 Å². The molecule has 0 unspecified atom stereocenters. The Bertz CT molecular complexity index is 682. The molecule has 1 aliphatic heterocycles. The highest BCUT2D eigenvalue weighted by atomic mass is 79.9. The predicted octanol–water partition coefficient (Wildman–Crippen LogP) is 5.23. The molecule has 0 spiro atoms. The van der Waals surface area contributed by atoms with Gasteiger partial charge in [0.2, 0.25) is 0 Å². The highest BCUT2D eigenvalue weighted by Gasteiger charge is 2.32. The van der Waals surface area contributed by atoms with Crippen molar-refractivity contribution in [1.29, 1.82) is 0 Å². The summed E-state index contributed by atoms with van der Waals surface area (Å²) in [5.74, 6) is 1.11. The molecule has 0 saturated heterocycles. The first-order valence-electron chi connectivity index (χ1n) is 6.82. The molecule has 4 heteroatoms. The Balaban J connectivity index is 1.92. The molecular formula is C17H16BrFO2. The van der Waals surface area contributed by atoms with E-state index in [0.717, 1.165) is 17.5 Å². The van der Waals surface area contributed by atoms with E-state index in [1.54, 1.807) is 12.1 Å². The maximum Gasteiger partial charge on any atom is 0.169 e. The van der Waals surface area contributed by atoms with Crippen LogP contribution >= 0.6 is 15.9 Å². The Labute approximate surface area is 132 Å².